The lowest BCUT2D eigenvalue weighted by atomic mass is 9.96. The number of aryl methyl sites for hydroxylation is 2. The second-order valence-corrected chi connectivity index (χ2v) is 6.47. The van der Waals surface area contributed by atoms with E-state index in [4.69, 9.17) is 0 Å². The van der Waals surface area contributed by atoms with E-state index in [9.17, 15) is 4.39 Å². The summed E-state index contributed by atoms with van der Waals surface area (Å²) >= 11 is 0. The van der Waals surface area contributed by atoms with Crippen molar-refractivity contribution in [3.05, 3.63) is 59.4 Å². The van der Waals surface area contributed by atoms with Crippen LogP contribution in [0.25, 0.3) is 11.1 Å². The highest BCUT2D eigenvalue weighted by Crippen LogP contribution is 2.25. The van der Waals surface area contributed by atoms with E-state index < -0.39 is 0 Å². The molecule has 1 heteroatoms. The zero-order valence-electron chi connectivity index (χ0n) is 14.0. The molecule has 2 aromatic carbocycles. The highest BCUT2D eigenvalue weighted by atomic mass is 19.1. The van der Waals surface area contributed by atoms with Crippen molar-refractivity contribution in [1.29, 1.82) is 0 Å². The number of halogens is 1. The molecule has 0 nitrogen and oxygen atoms in total. The van der Waals surface area contributed by atoms with Gasteiger partial charge in [0.15, 0.2) is 0 Å². The van der Waals surface area contributed by atoms with E-state index in [-0.39, 0.29) is 5.82 Å². The monoisotopic (exact) mass is 298 g/mol. The molecule has 0 fully saturated rings. The van der Waals surface area contributed by atoms with Crippen molar-refractivity contribution < 1.29 is 4.39 Å². The van der Waals surface area contributed by atoms with Gasteiger partial charge >= 0.3 is 0 Å². The summed E-state index contributed by atoms with van der Waals surface area (Å²) in [6.07, 6.45) is 5.89. The minimum absolute atomic E-state index is 0.108. The summed E-state index contributed by atoms with van der Waals surface area (Å²) in [5.74, 6) is 0.671. The summed E-state index contributed by atoms with van der Waals surface area (Å²) in [6, 6.07) is 13.7. The summed E-state index contributed by atoms with van der Waals surface area (Å²) in [5.41, 5.74) is 3.95. The van der Waals surface area contributed by atoms with Gasteiger partial charge in [0.2, 0.25) is 0 Å². The van der Waals surface area contributed by atoms with Crippen molar-refractivity contribution in [3.63, 3.8) is 0 Å². The minimum atomic E-state index is -0.108. The third-order valence-corrected chi connectivity index (χ3v) is 4.34. The SMILES string of the molecule is CCCC(C)CCCc1ccc(-c2ccc(C)cc2)c(F)c1. The van der Waals surface area contributed by atoms with E-state index in [1.165, 1.54) is 24.8 Å². The van der Waals surface area contributed by atoms with Crippen LogP contribution in [0, 0.1) is 18.7 Å². The molecule has 0 heterocycles. The summed E-state index contributed by atoms with van der Waals surface area (Å²) < 4.78 is 14.3. The topological polar surface area (TPSA) is 0 Å². The Labute approximate surface area is 134 Å². The number of rotatable bonds is 7. The number of benzene rings is 2. The van der Waals surface area contributed by atoms with E-state index in [1.54, 1.807) is 6.07 Å². The molecule has 0 N–H and O–H groups in total. The Balaban J connectivity index is 1.99. The summed E-state index contributed by atoms with van der Waals surface area (Å²) in [6.45, 7) is 6.59. The molecule has 0 aliphatic rings. The fraction of sp³-hybridized carbons (Fsp3) is 0.429. The van der Waals surface area contributed by atoms with Gasteiger partial charge in [0.1, 0.15) is 5.82 Å². The van der Waals surface area contributed by atoms with Gasteiger partial charge in [0, 0.05) is 5.56 Å². The second kappa shape index (κ2) is 8.12. The molecule has 118 valence electrons. The van der Waals surface area contributed by atoms with Gasteiger partial charge in [-0.3, -0.25) is 0 Å². The molecule has 2 aromatic rings. The fourth-order valence-electron chi connectivity index (χ4n) is 2.97. The van der Waals surface area contributed by atoms with Gasteiger partial charge in [-0.25, -0.2) is 4.39 Å². The summed E-state index contributed by atoms with van der Waals surface area (Å²) in [7, 11) is 0. The van der Waals surface area contributed by atoms with Gasteiger partial charge in [-0.2, -0.15) is 0 Å². The molecule has 0 aliphatic carbocycles. The van der Waals surface area contributed by atoms with E-state index in [1.807, 2.05) is 37.3 Å². The van der Waals surface area contributed by atoms with Crippen molar-refractivity contribution in [2.45, 2.75) is 52.9 Å². The third kappa shape index (κ3) is 4.69. The van der Waals surface area contributed by atoms with Crippen LogP contribution in [0.15, 0.2) is 42.5 Å². The van der Waals surface area contributed by atoms with Crippen molar-refractivity contribution in [2.24, 2.45) is 5.92 Å². The Bertz CT molecular complexity index is 583. The first-order valence-electron chi connectivity index (χ1n) is 8.45. The lowest BCUT2D eigenvalue weighted by Crippen LogP contribution is -1.96. The summed E-state index contributed by atoms with van der Waals surface area (Å²) in [4.78, 5) is 0. The van der Waals surface area contributed by atoms with Gasteiger partial charge in [-0.15, -0.1) is 0 Å². The van der Waals surface area contributed by atoms with Crippen LogP contribution in [0.5, 0.6) is 0 Å². The fourth-order valence-corrected chi connectivity index (χ4v) is 2.97. The molecule has 0 saturated carbocycles. The van der Waals surface area contributed by atoms with Crippen LogP contribution < -0.4 is 0 Å². The third-order valence-electron chi connectivity index (χ3n) is 4.34. The average molecular weight is 298 g/mol. The average Bonchev–Trinajstić information content (AvgIpc) is 2.49. The van der Waals surface area contributed by atoms with Crippen LogP contribution in [0.1, 0.15) is 50.7 Å². The smallest absolute Gasteiger partial charge is 0.131 e. The Hall–Kier alpha value is -1.63. The molecule has 1 unspecified atom stereocenters. The number of hydrogen-bond acceptors (Lipinski definition) is 0. The highest BCUT2D eigenvalue weighted by Gasteiger charge is 2.07. The lowest BCUT2D eigenvalue weighted by Gasteiger charge is -2.10. The van der Waals surface area contributed by atoms with Gasteiger partial charge in [-0.05, 0) is 42.9 Å². The Morgan fingerprint density at radius 3 is 2.36 bits per heavy atom. The molecule has 2 rings (SSSR count). The molecular weight excluding hydrogens is 271 g/mol. The van der Waals surface area contributed by atoms with Crippen LogP contribution >= 0.6 is 0 Å². The largest absolute Gasteiger partial charge is 0.206 e. The minimum Gasteiger partial charge on any atom is -0.206 e. The lowest BCUT2D eigenvalue weighted by molar-refractivity contribution is 0.469. The van der Waals surface area contributed by atoms with Gasteiger partial charge in [-0.1, -0.05) is 75.1 Å². The maximum absolute atomic E-state index is 14.3. The Morgan fingerprint density at radius 1 is 1.00 bits per heavy atom. The Morgan fingerprint density at radius 2 is 1.73 bits per heavy atom. The first kappa shape index (κ1) is 16.7. The summed E-state index contributed by atoms with van der Waals surface area (Å²) in [5, 5.41) is 0. The normalized spacial score (nSPS) is 12.4. The van der Waals surface area contributed by atoms with E-state index in [2.05, 4.69) is 19.9 Å². The second-order valence-electron chi connectivity index (χ2n) is 6.47. The molecule has 1 atom stereocenters. The maximum atomic E-state index is 14.3. The molecule has 0 spiro atoms. The van der Waals surface area contributed by atoms with Crippen LogP contribution in [-0.2, 0) is 6.42 Å². The quantitative estimate of drug-likeness (QED) is 0.543. The molecule has 0 saturated heterocycles. The van der Waals surface area contributed by atoms with Crippen molar-refractivity contribution in [3.8, 4) is 11.1 Å². The first-order chi connectivity index (χ1) is 10.6. The van der Waals surface area contributed by atoms with E-state index >= 15 is 0 Å². The maximum Gasteiger partial charge on any atom is 0.131 e. The van der Waals surface area contributed by atoms with Gasteiger partial charge < -0.3 is 0 Å². The molecule has 0 bridgehead atoms. The molecule has 0 aromatic heterocycles. The van der Waals surface area contributed by atoms with E-state index in [0.29, 0.717) is 5.56 Å². The standard InChI is InChI=1S/C21H27F/c1-4-6-16(2)7-5-8-18-11-14-20(21(22)15-18)19-12-9-17(3)10-13-19/h9-16H,4-8H2,1-3H3. The Kier molecular flexibility index (Phi) is 6.18. The van der Waals surface area contributed by atoms with E-state index in [0.717, 1.165) is 29.9 Å². The first-order valence-corrected chi connectivity index (χ1v) is 8.45. The van der Waals surface area contributed by atoms with Crippen LogP contribution in [0.4, 0.5) is 4.39 Å². The zero-order chi connectivity index (χ0) is 15.9. The van der Waals surface area contributed by atoms with Gasteiger partial charge in [0.05, 0.1) is 0 Å². The van der Waals surface area contributed by atoms with Crippen LogP contribution in [0.3, 0.4) is 0 Å². The zero-order valence-corrected chi connectivity index (χ0v) is 14.0. The highest BCUT2D eigenvalue weighted by molar-refractivity contribution is 5.64. The van der Waals surface area contributed by atoms with Crippen LogP contribution in [0.2, 0.25) is 0 Å². The predicted octanol–water partition coefficient (Wildman–Crippen LogP) is 6.56. The molecule has 0 aliphatic heterocycles. The molecule has 0 radical (unpaired) electrons. The molecule has 0 amide bonds. The van der Waals surface area contributed by atoms with Crippen LogP contribution in [-0.4, -0.2) is 0 Å². The predicted molar refractivity (Wildman–Crippen MR) is 93.6 cm³/mol. The van der Waals surface area contributed by atoms with Crippen molar-refractivity contribution >= 4 is 0 Å². The van der Waals surface area contributed by atoms with Gasteiger partial charge in [0.25, 0.3) is 0 Å². The van der Waals surface area contributed by atoms with Crippen molar-refractivity contribution in [2.75, 3.05) is 0 Å². The van der Waals surface area contributed by atoms with Crippen molar-refractivity contribution in [1.82, 2.24) is 0 Å². The molecule has 22 heavy (non-hydrogen) atoms. The number of hydrogen-bond donors (Lipinski definition) is 0. The molecular formula is C21H27F.